The van der Waals surface area contributed by atoms with E-state index >= 15 is 0 Å². The monoisotopic (exact) mass is 384 g/mol. The van der Waals surface area contributed by atoms with Crippen molar-refractivity contribution < 1.29 is 9.47 Å². The highest BCUT2D eigenvalue weighted by Crippen LogP contribution is 2.21. The Kier molecular flexibility index (Phi) is 11.1. The third-order valence-corrected chi connectivity index (χ3v) is 4.85. The quantitative estimate of drug-likeness (QED) is 0.315. The highest BCUT2D eigenvalue weighted by atomic mass is 16.5. The zero-order chi connectivity index (χ0) is 19.9. The van der Waals surface area contributed by atoms with Crippen LogP contribution in [0.5, 0.6) is 11.6 Å². The summed E-state index contributed by atoms with van der Waals surface area (Å²) < 4.78 is 11.2. The Morgan fingerprint density at radius 1 is 0.643 bits per heavy atom. The fraction of sp³-hybridized carbons (Fsp3) is 0.583. The van der Waals surface area contributed by atoms with E-state index in [-0.39, 0.29) is 0 Å². The minimum atomic E-state index is 0.602. The Labute approximate surface area is 170 Å². The van der Waals surface area contributed by atoms with Gasteiger partial charge in [0.15, 0.2) is 0 Å². The maximum Gasteiger partial charge on any atom is 0.233 e. The van der Waals surface area contributed by atoms with Gasteiger partial charge in [-0.15, -0.1) is 10.2 Å². The normalized spacial score (nSPS) is 10.8. The van der Waals surface area contributed by atoms with E-state index in [1.165, 1.54) is 57.8 Å². The second kappa shape index (κ2) is 14.0. The molecule has 0 saturated heterocycles. The van der Waals surface area contributed by atoms with Crippen molar-refractivity contribution >= 4 is 0 Å². The number of rotatable bonds is 15. The lowest BCUT2D eigenvalue weighted by molar-refractivity contribution is 0.290. The number of aromatic nitrogens is 2. The highest BCUT2D eigenvalue weighted by Gasteiger charge is 2.03. The molecule has 2 rings (SSSR count). The largest absolute Gasteiger partial charge is 0.494 e. The van der Waals surface area contributed by atoms with Crippen LogP contribution in [0.4, 0.5) is 0 Å². The molecule has 4 heteroatoms. The van der Waals surface area contributed by atoms with Gasteiger partial charge in [-0.25, -0.2) is 0 Å². The summed E-state index contributed by atoms with van der Waals surface area (Å²) in [6.07, 6.45) is 13.3. The Morgan fingerprint density at radius 2 is 1.29 bits per heavy atom. The van der Waals surface area contributed by atoms with Gasteiger partial charge in [0.2, 0.25) is 5.88 Å². The van der Waals surface area contributed by atoms with E-state index in [9.17, 15) is 0 Å². The molecule has 1 aromatic heterocycles. The first kappa shape index (κ1) is 22.2. The molecule has 0 N–H and O–H groups in total. The van der Waals surface area contributed by atoms with Crippen LogP contribution in [0.1, 0.15) is 78.1 Å². The van der Waals surface area contributed by atoms with Crippen molar-refractivity contribution in [2.24, 2.45) is 0 Å². The van der Waals surface area contributed by atoms with E-state index in [1.54, 1.807) is 0 Å². The van der Waals surface area contributed by atoms with Crippen LogP contribution in [-0.2, 0) is 0 Å². The summed E-state index contributed by atoms with van der Waals surface area (Å²) >= 11 is 0. The van der Waals surface area contributed by atoms with Crippen molar-refractivity contribution in [1.82, 2.24) is 10.2 Å². The highest BCUT2D eigenvalue weighted by molar-refractivity contribution is 5.59. The minimum absolute atomic E-state index is 0.602. The Balaban J connectivity index is 1.57. The molecule has 154 valence electrons. The van der Waals surface area contributed by atoms with Gasteiger partial charge in [0.1, 0.15) is 5.75 Å². The smallest absolute Gasteiger partial charge is 0.233 e. The lowest BCUT2D eigenvalue weighted by Crippen LogP contribution is -2.00. The van der Waals surface area contributed by atoms with Crippen molar-refractivity contribution in [3.05, 3.63) is 36.4 Å². The molecular formula is C24H36N2O2. The van der Waals surface area contributed by atoms with Crippen molar-refractivity contribution in [3.63, 3.8) is 0 Å². The van der Waals surface area contributed by atoms with E-state index in [4.69, 9.17) is 9.47 Å². The number of benzene rings is 1. The van der Waals surface area contributed by atoms with Crippen LogP contribution in [0.25, 0.3) is 11.3 Å². The molecule has 0 aliphatic carbocycles. The zero-order valence-corrected chi connectivity index (χ0v) is 17.7. The third-order valence-electron chi connectivity index (χ3n) is 4.85. The van der Waals surface area contributed by atoms with Crippen LogP contribution in [0, 0.1) is 0 Å². The topological polar surface area (TPSA) is 44.2 Å². The van der Waals surface area contributed by atoms with Gasteiger partial charge in [0.25, 0.3) is 0 Å². The molecule has 0 aliphatic heterocycles. The van der Waals surface area contributed by atoms with Crippen LogP contribution in [0.15, 0.2) is 36.4 Å². The Morgan fingerprint density at radius 3 is 1.86 bits per heavy atom. The van der Waals surface area contributed by atoms with E-state index in [0.29, 0.717) is 19.1 Å². The minimum Gasteiger partial charge on any atom is -0.494 e. The fourth-order valence-corrected chi connectivity index (χ4v) is 3.21. The molecule has 0 bridgehead atoms. The van der Waals surface area contributed by atoms with Gasteiger partial charge in [-0.3, -0.25) is 0 Å². The average Bonchev–Trinajstić information content (AvgIpc) is 2.73. The molecule has 1 aromatic carbocycles. The summed E-state index contributed by atoms with van der Waals surface area (Å²) in [5, 5.41) is 8.47. The predicted octanol–water partition coefficient (Wildman–Crippen LogP) is 6.84. The fourth-order valence-electron chi connectivity index (χ4n) is 3.21. The van der Waals surface area contributed by atoms with Gasteiger partial charge < -0.3 is 9.47 Å². The molecule has 0 radical (unpaired) electrons. The first-order valence-corrected chi connectivity index (χ1v) is 11.0. The van der Waals surface area contributed by atoms with Crippen LogP contribution >= 0.6 is 0 Å². The third kappa shape index (κ3) is 8.73. The predicted molar refractivity (Wildman–Crippen MR) is 116 cm³/mol. The van der Waals surface area contributed by atoms with Crippen LogP contribution in [0.2, 0.25) is 0 Å². The Hall–Kier alpha value is -2.10. The van der Waals surface area contributed by atoms with E-state index < -0.39 is 0 Å². The molecule has 0 saturated carbocycles. The first-order valence-electron chi connectivity index (χ1n) is 11.0. The average molecular weight is 385 g/mol. The summed E-state index contributed by atoms with van der Waals surface area (Å²) in [6, 6.07) is 11.8. The molecule has 2 aromatic rings. The van der Waals surface area contributed by atoms with Gasteiger partial charge in [-0.2, -0.15) is 0 Å². The number of hydrogen-bond donors (Lipinski definition) is 0. The van der Waals surface area contributed by atoms with Crippen molar-refractivity contribution in [3.8, 4) is 22.9 Å². The van der Waals surface area contributed by atoms with E-state index in [0.717, 1.165) is 23.4 Å². The van der Waals surface area contributed by atoms with Gasteiger partial charge in [0.05, 0.1) is 18.9 Å². The SMILES string of the molecule is CCCCCCCCCCCCOc1ccc(-c2ccc(OCC)cc2)nn1. The molecular weight excluding hydrogens is 348 g/mol. The first-order chi connectivity index (χ1) is 13.8. The second-order valence-electron chi connectivity index (χ2n) is 7.24. The van der Waals surface area contributed by atoms with Gasteiger partial charge >= 0.3 is 0 Å². The number of hydrogen-bond acceptors (Lipinski definition) is 4. The second-order valence-corrected chi connectivity index (χ2v) is 7.24. The summed E-state index contributed by atoms with van der Waals surface area (Å²) in [5.41, 5.74) is 1.87. The van der Waals surface area contributed by atoms with Gasteiger partial charge in [-0.1, -0.05) is 64.7 Å². The van der Waals surface area contributed by atoms with Crippen LogP contribution in [-0.4, -0.2) is 23.4 Å². The van der Waals surface area contributed by atoms with Crippen molar-refractivity contribution in [2.45, 2.75) is 78.1 Å². The lowest BCUT2D eigenvalue weighted by atomic mass is 10.1. The maximum atomic E-state index is 5.73. The zero-order valence-electron chi connectivity index (χ0n) is 17.7. The molecule has 1 heterocycles. The number of unbranched alkanes of at least 4 members (excludes halogenated alkanes) is 9. The maximum absolute atomic E-state index is 5.73. The summed E-state index contributed by atoms with van der Waals surface area (Å²) in [4.78, 5) is 0. The van der Waals surface area contributed by atoms with Crippen LogP contribution < -0.4 is 9.47 Å². The molecule has 0 unspecified atom stereocenters. The Bertz CT molecular complexity index is 626. The van der Waals surface area contributed by atoms with Crippen molar-refractivity contribution in [1.29, 1.82) is 0 Å². The van der Waals surface area contributed by atoms with E-state index in [1.807, 2.05) is 43.3 Å². The molecule has 0 amide bonds. The molecule has 28 heavy (non-hydrogen) atoms. The van der Waals surface area contributed by atoms with E-state index in [2.05, 4.69) is 17.1 Å². The standard InChI is InChI=1S/C24H36N2O2/c1-3-5-6-7-8-9-10-11-12-13-20-28-24-19-18-23(25-26-24)21-14-16-22(17-15-21)27-4-2/h14-19H,3-13,20H2,1-2H3. The molecule has 4 nitrogen and oxygen atoms in total. The van der Waals surface area contributed by atoms with Crippen molar-refractivity contribution in [2.75, 3.05) is 13.2 Å². The molecule has 0 aliphatic rings. The number of ether oxygens (including phenoxy) is 2. The van der Waals surface area contributed by atoms with Gasteiger partial charge in [-0.05, 0) is 43.7 Å². The van der Waals surface area contributed by atoms with Gasteiger partial charge in [0, 0.05) is 11.6 Å². The number of nitrogens with zero attached hydrogens (tertiary/aromatic N) is 2. The molecule has 0 atom stereocenters. The molecule has 0 spiro atoms. The summed E-state index contributed by atoms with van der Waals surface area (Å²) in [7, 11) is 0. The lowest BCUT2D eigenvalue weighted by Gasteiger charge is -2.07. The summed E-state index contributed by atoms with van der Waals surface area (Å²) in [6.45, 7) is 5.63. The molecule has 0 fully saturated rings. The van der Waals surface area contributed by atoms with Crippen LogP contribution in [0.3, 0.4) is 0 Å². The summed E-state index contributed by atoms with van der Waals surface area (Å²) in [5.74, 6) is 1.47.